The van der Waals surface area contributed by atoms with Gasteiger partial charge >= 0.3 is 0 Å². The Balaban J connectivity index is 1.98. The van der Waals surface area contributed by atoms with Gasteiger partial charge in [-0.15, -0.1) is 0 Å². The van der Waals surface area contributed by atoms with Crippen LogP contribution < -0.4 is 15.8 Å². The molecule has 132 valence electrons. The molecule has 3 N–H and O–H groups in total. The van der Waals surface area contributed by atoms with Crippen LogP contribution in [0.1, 0.15) is 11.1 Å². The number of halogens is 1. The number of carbonyl (C=O) groups is 2. The molecule has 0 spiro atoms. The zero-order valence-corrected chi connectivity index (χ0v) is 14.7. The average molecular weight is 370 g/mol. The first-order valence-electron chi connectivity index (χ1n) is 7.82. The lowest BCUT2D eigenvalue weighted by Gasteiger charge is -2.12. The second-order valence-corrected chi connectivity index (χ2v) is 6.16. The highest BCUT2D eigenvalue weighted by Gasteiger charge is 2.10. The van der Waals surface area contributed by atoms with Gasteiger partial charge in [-0.3, -0.25) is 14.6 Å². The smallest absolute Gasteiger partial charge is 0.221 e. The number of hydrogen-bond acceptors (Lipinski definition) is 4. The largest absolute Gasteiger partial charge is 0.457 e. The molecule has 0 saturated heterocycles. The molecule has 0 aliphatic carbocycles. The maximum atomic E-state index is 11.1. The molecular weight excluding hydrogens is 354 g/mol. The van der Waals surface area contributed by atoms with E-state index in [-0.39, 0.29) is 6.42 Å². The van der Waals surface area contributed by atoms with Crippen molar-refractivity contribution in [2.24, 2.45) is 5.73 Å². The number of nitrogens with one attached hydrogen (secondary N) is 1. The number of aryl methyl sites for hydroxylation is 1. The van der Waals surface area contributed by atoms with Gasteiger partial charge in [0.25, 0.3) is 0 Å². The SMILES string of the molecule is Cc1cc2nccc(Oc3ccc(CC(N)=O)c(Cl)c3)c2cc1NC=O. The van der Waals surface area contributed by atoms with E-state index in [2.05, 4.69) is 10.3 Å². The number of nitrogens with zero attached hydrogens (tertiary/aromatic N) is 1. The van der Waals surface area contributed by atoms with Crippen molar-refractivity contribution >= 4 is 40.5 Å². The van der Waals surface area contributed by atoms with Crippen LogP contribution in [0, 0.1) is 6.92 Å². The summed E-state index contributed by atoms with van der Waals surface area (Å²) in [5, 5.41) is 3.82. The topological polar surface area (TPSA) is 94.3 Å². The standard InChI is InChI=1S/C19H16ClN3O3/c1-11-6-17-14(9-16(11)23-10-24)18(4-5-22-17)26-13-3-2-12(7-19(21)25)15(20)8-13/h2-6,8-10H,7H2,1H3,(H2,21,25)(H,23,24). The number of aromatic nitrogens is 1. The monoisotopic (exact) mass is 369 g/mol. The number of fused-ring (bicyclic) bond motifs is 1. The van der Waals surface area contributed by atoms with Crippen molar-refractivity contribution in [1.29, 1.82) is 0 Å². The molecule has 0 saturated carbocycles. The van der Waals surface area contributed by atoms with Crippen LogP contribution in [0.15, 0.2) is 42.6 Å². The minimum Gasteiger partial charge on any atom is -0.457 e. The Bertz CT molecular complexity index is 1000. The van der Waals surface area contributed by atoms with Crippen molar-refractivity contribution in [3.8, 4) is 11.5 Å². The summed E-state index contributed by atoms with van der Waals surface area (Å²) in [5.74, 6) is 0.634. The molecule has 3 rings (SSSR count). The first-order valence-corrected chi connectivity index (χ1v) is 8.20. The van der Waals surface area contributed by atoms with Crippen LogP contribution in [0.4, 0.5) is 5.69 Å². The van der Waals surface area contributed by atoms with Gasteiger partial charge in [0.15, 0.2) is 0 Å². The predicted molar refractivity (Wildman–Crippen MR) is 101 cm³/mol. The fraction of sp³-hybridized carbons (Fsp3) is 0.105. The Morgan fingerprint density at radius 2 is 2.12 bits per heavy atom. The molecule has 1 aromatic heterocycles. The number of nitrogens with two attached hydrogens (primary N) is 1. The van der Waals surface area contributed by atoms with Crippen molar-refractivity contribution in [2.45, 2.75) is 13.3 Å². The molecule has 6 nitrogen and oxygen atoms in total. The van der Waals surface area contributed by atoms with Gasteiger partial charge in [0.2, 0.25) is 12.3 Å². The third-order valence-electron chi connectivity index (χ3n) is 3.88. The zero-order valence-electron chi connectivity index (χ0n) is 14.0. The third kappa shape index (κ3) is 3.75. The third-order valence-corrected chi connectivity index (χ3v) is 4.23. The van der Waals surface area contributed by atoms with Crippen molar-refractivity contribution in [3.63, 3.8) is 0 Å². The van der Waals surface area contributed by atoms with E-state index in [1.165, 1.54) is 0 Å². The second kappa shape index (κ2) is 7.41. The Morgan fingerprint density at radius 1 is 1.31 bits per heavy atom. The lowest BCUT2D eigenvalue weighted by molar-refractivity contribution is -0.117. The summed E-state index contributed by atoms with van der Waals surface area (Å²) < 4.78 is 5.95. The highest BCUT2D eigenvalue weighted by atomic mass is 35.5. The lowest BCUT2D eigenvalue weighted by Crippen LogP contribution is -2.13. The van der Waals surface area contributed by atoms with E-state index in [0.717, 1.165) is 16.5 Å². The second-order valence-electron chi connectivity index (χ2n) is 5.75. The van der Waals surface area contributed by atoms with E-state index >= 15 is 0 Å². The highest BCUT2D eigenvalue weighted by Crippen LogP contribution is 2.33. The van der Waals surface area contributed by atoms with Gasteiger partial charge in [0.05, 0.1) is 11.9 Å². The first-order chi connectivity index (χ1) is 12.5. The Morgan fingerprint density at radius 3 is 2.81 bits per heavy atom. The molecule has 0 aliphatic rings. The van der Waals surface area contributed by atoms with Crippen LogP contribution in [0.3, 0.4) is 0 Å². The van der Waals surface area contributed by atoms with E-state index in [9.17, 15) is 9.59 Å². The lowest BCUT2D eigenvalue weighted by atomic mass is 10.1. The van der Waals surface area contributed by atoms with Crippen molar-refractivity contribution < 1.29 is 14.3 Å². The van der Waals surface area contributed by atoms with E-state index in [1.807, 2.05) is 19.1 Å². The van der Waals surface area contributed by atoms with E-state index in [4.69, 9.17) is 22.1 Å². The van der Waals surface area contributed by atoms with Gasteiger partial charge in [-0.05, 0) is 48.4 Å². The molecule has 0 fully saturated rings. The van der Waals surface area contributed by atoms with Gasteiger partial charge in [-0.1, -0.05) is 17.7 Å². The molecule has 0 atom stereocenters. The minimum absolute atomic E-state index is 0.0668. The first kappa shape index (κ1) is 17.7. The molecule has 7 heteroatoms. The maximum Gasteiger partial charge on any atom is 0.221 e. The number of primary amides is 1. The van der Waals surface area contributed by atoms with Gasteiger partial charge in [-0.25, -0.2) is 0 Å². The number of benzene rings is 2. The number of carbonyl (C=O) groups excluding carboxylic acids is 2. The number of amides is 2. The van der Waals surface area contributed by atoms with E-state index in [0.29, 0.717) is 34.2 Å². The molecular formula is C19H16ClN3O3. The van der Waals surface area contributed by atoms with Gasteiger partial charge in [0, 0.05) is 22.3 Å². The van der Waals surface area contributed by atoms with Gasteiger partial charge in [-0.2, -0.15) is 0 Å². The van der Waals surface area contributed by atoms with Crippen LogP contribution in [-0.4, -0.2) is 17.3 Å². The number of hydrogen-bond donors (Lipinski definition) is 2. The number of pyridine rings is 1. The van der Waals surface area contributed by atoms with Crippen LogP contribution in [-0.2, 0) is 16.0 Å². The van der Waals surface area contributed by atoms with Crippen molar-refractivity contribution in [1.82, 2.24) is 4.98 Å². The number of ether oxygens (including phenoxy) is 1. The normalized spacial score (nSPS) is 10.5. The summed E-state index contributed by atoms with van der Waals surface area (Å²) in [4.78, 5) is 26.2. The number of rotatable bonds is 6. The highest BCUT2D eigenvalue weighted by molar-refractivity contribution is 6.31. The number of anilines is 1. The molecule has 2 amide bonds. The summed E-state index contributed by atoms with van der Waals surface area (Å²) in [6.45, 7) is 1.89. The quantitative estimate of drug-likeness (QED) is 0.649. The summed E-state index contributed by atoms with van der Waals surface area (Å²) in [5.41, 5.74) is 8.16. The van der Waals surface area contributed by atoms with E-state index in [1.54, 1.807) is 30.5 Å². The Labute approximate surface area is 154 Å². The van der Waals surface area contributed by atoms with Crippen molar-refractivity contribution in [3.05, 3.63) is 58.7 Å². The molecule has 1 heterocycles. The molecule has 0 radical (unpaired) electrons. The Hall–Kier alpha value is -3.12. The van der Waals surface area contributed by atoms with Gasteiger partial charge < -0.3 is 15.8 Å². The fourth-order valence-corrected chi connectivity index (χ4v) is 2.87. The molecule has 26 heavy (non-hydrogen) atoms. The summed E-state index contributed by atoms with van der Waals surface area (Å²) >= 11 is 6.20. The molecule has 0 bridgehead atoms. The summed E-state index contributed by atoms with van der Waals surface area (Å²) in [6.07, 6.45) is 2.34. The fourth-order valence-electron chi connectivity index (χ4n) is 2.63. The molecule has 0 unspecified atom stereocenters. The van der Waals surface area contributed by atoms with Crippen LogP contribution in [0.5, 0.6) is 11.5 Å². The zero-order chi connectivity index (χ0) is 18.7. The van der Waals surface area contributed by atoms with Gasteiger partial charge in [0.1, 0.15) is 11.5 Å². The maximum absolute atomic E-state index is 11.1. The predicted octanol–water partition coefficient (Wildman–Crippen LogP) is 3.59. The summed E-state index contributed by atoms with van der Waals surface area (Å²) in [7, 11) is 0. The van der Waals surface area contributed by atoms with Crippen LogP contribution in [0.2, 0.25) is 5.02 Å². The average Bonchev–Trinajstić information content (AvgIpc) is 2.58. The van der Waals surface area contributed by atoms with E-state index < -0.39 is 5.91 Å². The molecule has 2 aromatic carbocycles. The molecule has 3 aromatic rings. The summed E-state index contributed by atoms with van der Waals surface area (Å²) in [6, 6.07) is 10.5. The molecule has 0 aliphatic heterocycles. The van der Waals surface area contributed by atoms with Crippen molar-refractivity contribution in [2.75, 3.05) is 5.32 Å². The van der Waals surface area contributed by atoms with Crippen LogP contribution in [0.25, 0.3) is 10.9 Å². The minimum atomic E-state index is -0.453. The van der Waals surface area contributed by atoms with Crippen LogP contribution >= 0.6 is 11.6 Å². The Kier molecular flexibility index (Phi) is 5.04.